The second-order valence-electron chi connectivity index (χ2n) is 6.37. The van der Waals surface area contributed by atoms with Gasteiger partial charge in [-0.2, -0.15) is 5.10 Å². The van der Waals surface area contributed by atoms with Crippen LogP contribution in [0.1, 0.15) is 17.0 Å². The fourth-order valence-corrected chi connectivity index (χ4v) is 3.15. The number of ether oxygens (including phenoxy) is 1. The maximum atomic E-state index is 13.0. The molecule has 7 nitrogen and oxygen atoms in total. The summed E-state index contributed by atoms with van der Waals surface area (Å²) in [6, 6.07) is 9.44. The molecule has 0 fully saturated rings. The van der Waals surface area contributed by atoms with Gasteiger partial charge in [-0.3, -0.25) is 15.0 Å². The molecule has 0 saturated heterocycles. The van der Waals surface area contributed by atoms with Crippen LogP contribution in [-0.2, 0) is 0 Å². The third kappa shape index (κ3) is 2.48. The van der Waals surface area contributed by atoms with Gasteiger partial charge in [0.2, 0.25) is 0 Å². The molecule has 2 N–H and O–H groups in total. The first-order chi connectivity index (χ1) is 12.5. The van der Waals surface area contributed by atoms with E-state index < -0.39 is 0 Å². The van der Waals surface area contributed by atoms with E-state index in [0.717, 1.165) is 33.6 Å². The lowest BCUT2D eigenvalue weighted by molar-refractivity contribution is 0.415. The number of rotatable bonds is 3. The maximum Gasteiger partial charge on any atom is 0.282 e. The van der Waals surface area contributed by atoms with Crippen molar-refractivity contribution in [1.29, 1.82) is 0 Å². The number of hydrogen-bond acceptors (Lipinski definition) is 4. The average molecular weight is 349 g/mol. The molecule has 0 unspecified atom stereocenters. The SMILES string of the molecule is COc1ccc2nc(-n3[nH]c(C)c(-c4cc(C)[nH]n4)c3=O)cc(C)c2c1. The van der Waals surface area contributed by atoms with Crippen LogP contribution in [0.25, 0.3) is 28.0 Å². The fourth-order valence-electron chi connectivity index (χ4n) is 3.15. The summed E-state index contributed by atoms with van der Waals surface area (Å²) in [6.45, 7) is 5.75. The molecule has 0 aliphatic carbocycles. The van der Waals surface area contributed by atoms with Gasteiger partial charge in [-0.15, -0.1) is 0 Å². The van der Waals surface area contributed by atoms with Crippen molar-refractivity contribution in [3.8, 4) is 22.8 Å². The number of nitrogens with zero attached hydrogens (tertiary/aromatic N) is 3. The first-order valence-electron chi connectivity index (χ1n) is 8.27. The van der Waals surface area contributed by atoms with Crippen molar-refractivity contribution < 1.29 is 4.74 Å². The Morgan fingerprint density at radius 2 is 1.92 bits per heavy atom. The molecule has 3 heterocycles. The minimum absolute atomic E-state index is 0.172. The molecular weight excluding hydrogens is 330 g/mol. The van der Waals surface area contributed by atoms with Gasteiger partial charge in [0.25, 0.3) is 5.56 Å². The van der Waals surface area contributed by atoms with Crippen molar-refractivity contribution in [2.75, 3.05) is 7.11 Å². The Hall–Kier alpha value is -3.35. The highest BCUT2D eigenvalue weighted by atomic mass is 16.5. The number of aromatic nitrogens is 5. The van der Waals surface area contributed by atoms with E-state index in [1.807, 2.05) is 51.1 Å². The molecule has 0 bridgehead atoms. The van der Waals surface area contributed by atoms with Gasteiger partial charge in [0.05, 0.1) is 23.9 Å². The van der Waals surface area contributed by atoms with Crippen molar-refractivity contribution in [3.05, 3.63) is 57.6 Å². The van der Waals surface area contributed by atoms with E-state index in [9.17, 15) is 4.79 Å². The van der Waals surface area contributed by atoms with E-state index in [-0.39, 0.29) is 5.56 Å². The third-order valence-electron chi connectivity index (χ3n) is 4.47. The number of fused-ring (bicyclic) bond motifs is 1. The molecule has 4 aromatic rings. The van der Waals surface area contributed by atoms with Crippen LogP contribution in [0.5, 0.6) is 5.75 Å². The van der Waals surface area contributed by atoms with Crippen LogP contribution in [0.2, 0.25) is 0 Å². The summed E-state index contributed by atoms with van der Waals surface area (Å²) in [5.41, 5.74) is 4.47. The molecule has 4 rings (SSSR count). The van der Waals surface area contributed by atoms with E-state index in [0.29, 0.717) is 17.1 Å². The van der Waals surface area contributed by atoms with Crippen LogP contribution >= 0.6 is 0 Å². The van der Waals surface area contributed by atoms with Crippen LogP contribution in [0.15, 0.2) is 35.1 Å². The van der Waals surface area contributed by atoms with Gasteiger partial charge in [-0.25, -0.2) is 9.67 Å². The standard InChI is InChI=1S/C19H19N5O2/c1-10-7-17(20-15-6-5-13(26-4)9-14(10)15)24-19(25)18(12(3)23-24)16-8-11(2)21-22-16/h5-9,23H,1-4H3,(H,21,22). The summed E-state index contributed by atoms with van der Waals surface area (Å²) in [5.74, 6) is 1.32. The molecule has 132 valence electrons. The lowest BCUT2D eigenvalue weighted by Crippen LogP contribution is -2.17. The van der Waals surface area contributed by atoms with Gasteiger partial charge in [-0.05, 0) is 56.7 Å². The summed E-state index contributed by atoms with van der Waals surface area (Å²) in [7, 11) is 1.64. The Morgan fingerprint density at radius 3 is 2.62 bits per heavy atom. The monoisotopic (exact) mass is 349 g/mol. The van der Waals surface area contributed by atoms with Crippen LogP contribution < -0.4 is 10.3 Å². The van der Waals surface area contributed by atoms with Gasteiger partial charge in [0.15, 0.2) is 5.82 Å². The Labute approximate surface area is 149 Å². The zero-order chi connectivity index (χ0) is 18.4. The highest BCUT2D eigenvalue weighted by Crippen LogP contribution is 2.24. The summed E-state index contributed by atoms with van der Waals surface area (Å²) in [6.07, 6.45) is 0. The quantitative estimate of drug-likeness (QED) is 0.595. The number of hydrogen-bond donors (Lipinski definition) is 2. The zero-order valence-electron chi connectivity index (χ0n) is 15.0. The second-order valence-corrected chi connectivity index (χ2v) is 6.37. The summed E-state index contributed by atoms with van der Waals surface area (Å²) < 4.78 is 6.75. The van der Waals surface area contributed by atoms with Crippen molar-refractivity contribution in [2.45, 2.75) is 20.8 Å². The summed E-state index contributed by atoms with van der Waals surface area (Å²) in [4.78, 5) is 17.6. The van der Waals surface area contributed by atoms with Crippen molar-refractivity contribution in [2.24, 2.45) is 0 Å². The first-order valence-corrected chi connectivity index (χ1v) is 8.27. The third-order valence-corrected chi connectivity index (χ3v) is 4.47. The van der Waals surface area contributed by atoms with Crippen molar-refractivity contribution in [1.82, 2.24) is 25.0 Å². The van der Waals surface area contributed by atoms with Gasteiger partial charge in [0.1, 0.15) is 5.75 Å². The largest absolute Gasteiger partial charge is 0.497 e. The van der Waals surface area contributed by atoms with Gasteiger partial charge in [0, 0.05) is 16.8 Å². The predicted octanol–water partition coefficient (Wildman–Crippen LogP) is 3.04. The number of nitrogens with one attached hydrogen (secondary N) is 2. The van der Waals surface area contributed by atoms with E-state index in [4.69, 9.17) is 4.74 Å². The summed E-state index contributed by atoms with van der Waals surface area (Å²) in [5, 5.41) is 11.2. The van der Waals surface area contributed by atoms with Crippen LogP contribution in [-0.4, -0.2) is 32.1 Å². The fraction of sp³-hybridized carbons (Fsp3) is 0.211. The minimum atomic E-state index is -0.172. The molecule has 3 aromatic heterocycles. The Balaban J connectivity index is 1.90. The number of aromatic amines is 2. The van der Waals surface area contributed by atoms with Crippen molar-refractivity contribution in [3.63, 3.8) is 0 Å². The highest BCUT2D eigenvalue weighted by molar-refractivity contribution is 5.84. The van der Waals surface area contributed by atoms with Gasteiger partial charge < -0.3 is 4.74 Å². The summed E-state index contributed by atoms with van der Waals surface area (Å²) >= 11 is 0. The predicted molar refractivity (Wildman–Crippen MR) is 100 cm³/mol. The van der Waals surface area contributed by atoms with Crippen LogP contribution in [0.3, 0.4) is 0 Å². The minimum Gasteiger partial charge on any atom is -0.497 e. The maximum absolute atomic E-state index is 13.0. The number of benzene rings is 1. The molecule has 0 radical (unpaired) electrons. The van der Waals surface area contributed by atoms with E-state index >= 15 is 0 Å². The topological polar surface area (TPSA) is 88.6 Å². The Kier molecular flexibility index (Phi) is 3.64. The zero-order valence-corrected chi connectivity index (χ0v) is 15.0. The smallest absolute Gasteiger partial charge is 0.282 e. The average Bonchev–Trinajstić information content (AvgIpc) is 3.17. The molecule has 0 aliphatic heterocycles. The first kappa shape index (κ1) is 16.1. The number of H-pyrrole nitrogens is 2. The lowest BCUT2D eigenvalue weighted by Gasteiger charge is -2.08. The normalized spacial score (nSPS) is 11.2. The number of aryl methyl sites for hydroxylation is 3. The molecule has 0 aliphatic rings. The molecular formula is C19H19N5O2. The van der Waals surface area contributed by atoms with Crippen molar-refractivity contribution >= 4 is 10.9 Å². The van der Waals surface area contributed by atoms with E-state index in [2.05, 4.69) is 20.3 Å². The second kappa shape index (κ2) is 5.87. The van der Waals surface area contributed by atoms with Gasteiger partial charge in [-0.1, -0.05) is 0 Å². The Bertz CT molecular complexity index is 1180. The van der Waals surface area contributed by atoms with Gasteiger partial charge >= 0.3 is 0 Å². The number of pyridine rings is 1. The van der Waals surface area contributed by atoms with E-state index in [1.54, 1.807) is 7.11 Å². The molecule has 7 heteroatoms. The van der Waals surface area contributed by atoms with E-state index in [1.165, 1.54) is 4.68 Å². The Morgan fingerprint density at radius 1 is 1.12 bits per heavy atom. The molecule has 0 amide bonds. The molecule has 0 atom stereocenters. The molecule has 0 spiro atoms. The number of methoxy groups -OCH3 is 1. The van der Waals surface area contributed by atoms with Crippen LogP contribution in [0, 0.1) is 20.8 Å². The molecule has 1 aromatic carbocycles. The highest BCUT2D eigenvalue weighted by Gasteiger charge is 2.18. The molecule has 0 saturated carbocycles. The van der Waals surface area contributed by atoms with Crippen LogP contribution in [0.4, 0.5) is 0 Å². The molecule has 26 heavy (non-hydrogen) atoms. The lowest BCUT2D eigenvalue weighted by atomic mass is 10.1.